The molecule has 1 aromatic carbocycles. The zero-order valence-corrected chi connectivity index (χ0v) is 18.1. The summed E-state index contributed by atoms with van der Waals surface area (Å²) in [6.45, 7) is 22.8. The number of hydrogen-bond donors (Lipinski definition) is 0. The zero-order chi connectivity index (χ0) is 19.3. The third-order valence-corrected chi connectivity index (χ3v) is 6.63. The highest BCUT2D eigenvalue weighted by atomic mass is 15.2. The number of rotatable bonds is 3. The molecule has 2 aliphatic rings. The van der Waals surface area contributed by atoms with E-state index in [1.807, 2.05) is 0 Å². The van der Waals surface area contributed by atoms with Crippen LogP contribution in [-0.2, 0) is 0 Å². The smallest absolute Gasteiger partial charge is 0.0992 e. The first-order valence-electron chi connectivity index (χ1n) is 10.5. The first-order valence-corrected chi connectivity index (χ1v) is 10.5. The third kappa shape index (κ3) is 3.23. The molecule has 1 aliphatic carbocycles. The molecule has 1 aromatic rings. The van der Waals surface area contributed by atoms with Crippen molar-refractivity contribution in [1.82, 2.24) is 0 Å². The fourth-order valence-corrected chi connectivity index (χ4v) is 5.12. The fraction of sp³-hybridized carbons (Fsp3) is 0.640. The molecule has 142 valence electrons. The number of anilines is 1. The van der Waals surface area contributed by atoms with E-state index in [2.05, 4.69) is 91.1 Å². The van der Waals surface area contributed by atoms with Gasteiger partial charge < -0.3 is 4.90 Å². The van der Waals surface area contributed by atoms with E-state index in [1.165, 1.54) is 36.1 Å². The Morgan fingerprint density at radius 1 is 1.08 bits per heavy atom. The molecule has 1 aliphatic heterocycles. The maximum absolute atomic E-state index is 4.06. The first kappa shape index (κ1) is 19.5. The minimum absolute atomic E-state index is 0.0992. The molecule has 1 spiro atoms. The fourth-order valence-electron chi connectivity index (χ4n) is 5.12. The average molecular weight is 352 g/mol. The maximum atomic E-state index is 4.06. The Hall–Kier alpha value is -1.24. The van der Waals surface area contributed by atoms with Gasteiger partial charge in [-0.05, 0) is 68.9 Å². The molecule has 1 fully saturated rings. The largest absolute Gasteiger partial charge is 0.355 e. The van der Waals surface area contributed by atoms with Crippen LogP contribution >= 0.6 is 0 Å². The lowest BCUT2D eigenvalue weighted by molar-refractivity contribution is 0.219. The van der Waals surface area contributed by atoms with E-state index in [0.29, 0.717) is 17.8 Å². The van der Waals surface area contributed by atoms with Gasteiger partial charge in [0.25, 0.3) is 0 Å². The quantitative estimate of drug-likeness (QED) is 0.515. The molecule has 0 N–H and O–H groups in total. The standard InChI is InChI=1S/C25H37N/c1-17(2)21-10-9-11-22(18(3)4)23(21)26-16-25(15-24(26,7)8)13-12-19(5)14-20(25)6/h9-11,14,17-18,20H,12-13,15H2,1-8H3. The van der Waals surface area contributed by atoms with Crippen molar-refractivity contribution in [3.63, 3.8) is 0 Å². The number of para-hydroxylation sites is 1. The van der Waals surface area contributed by atoms with Crippen LogP contribution in [0.2, 0.25) is 0 Å². The van der Waals surface area contributed by atoms with Crippen molar-refractivity contribution >= 4 is 5.69 Å². The molecule has 2 unspecified atom stereocenters. The van der Waals surface area contributed by atoms with Crippen LogP contribution in [0.1, 0.15) is 97.6 Å². The van der Waals surface area contributed by atoms with Gasteiger partial charge in [0, 0.05) is 16.6 Å². The van der Waals surface area contributed by atoms with Gasteiger partial charge in [0.1, 0.15) is 0 Å². The molecule has 1 nitrogen and oxygen atoms in total. The van der Waals surface area contributed by atoms with Gasteiger partial charge in [0.2, 0.25) is 0 Å². The summed E-state index contributed by atoms with van der Waals surface area (Å²) in [5.74, 6) is 1.60. The molecule has 1 heterocycles. The summed E-state index contributed by atoms with van der Waals surface area (Å²) in [5, 5.41) is 0. The van der Waals surface area contributed by atoms with Gasteiger partial charge in [-0.1, -0.05) is 64.5 Å². The van der Waals surface area contributed by atoms with Gasteiger partial charge in [-0.25, -0.2) is 0 Å². The van der Waals surface area contributed by atoms with Gasteiger partial charge in [-0.2, -0.15) is 0 Å². The molecular formula is C25H37N. The molecule has 0 aromatic heterocycles. The summed E-state index contributed by atoms with van der Waals surface area (Å²) in [6, 6.07) is 6.88. The van der Waals surface area contributed by atoms with Crippen LogP contribution < -0.4 is 4.90 Å². The lowest BCUT2D eigenvalue weighted by Crippen LogP contribution is -2.37. The van der Waals surface area contributed by atoms with E-state index in [1.54, 1.807) is 5.57 Å². The summed E-state index contributed by atoms with van der Waals surface area (Å²) in [5.41, 5.74) is 6.18. The van der Waals surface area contributed by atoms with Crippen LogP contribution in [0.3, 0.4) is 0 Å². The summed E-state index contributed by atoms with van der Waals surface area (Å²) in [7, 11) is 0. The van der Waals surface area contributed by atoms with E-state index in [0.717, 1.165) is 0 Å². The maximum Gasteiger partial charge on any atom is 0.0992 e. The number of hydrogen-bond acceptors (Lipinski definition) is 1. The van der Waals surface area contributed by atoms with Crippen LogP contribution in [0.5, 0.6) is 0 Å². The summed E-state index contributed by atoms with van der Waals surface area (Å²) in [4.78, 5) is 2.54. The predicted octanol–water partition coefficient (Wildman–Crippen LogP) is 7.32. The lowest BCUT2D eigenvalue weighted by atomic mass is 9.66. The minimum Gasteiger partial charge on any atom is -0.355 e. The highest BCUT2D eigenvalue weighted by Gasteiger charge is 2.53. The summed E-state index contributed by atoms with van der Waals surface area (Å²) >= 11 is 0. The van der Waals surface area contributed by atoms with Crippen molar-refractivity contribution in [3.8, 4) is 0 Å². The summed E-state index contributed by atoms with van der Waals surface area (Å²) < 4.78 is 0. The van der Waals surface area contributed by atoms with Crippen LogP contribution in [-0.4, -0.2) is 5.54 Å². The van der Waals surface area contributed by atoms with Crippen molar-refractivity contribution in [2.75, 3.05) is 4.90 Å². The van der Waals surface area contributed by atoms with Crippen molar-refractivity contribution < 1.29 is 0 Å². The summed E-state index contributed by atoms with van der Waals surface area (Å²) in [6.07, 6.45) is 6.13. The van der Waals surface area contributed by atoms with E-state index in [-0.39, 0.29) is 11.0 Å². The van der Waals surface area contributed by atoms with E-state index in [9.17, 15) is 0 Å². The van der Waals surface area contributed by atoms with Crippen molar-refractivity contribution in [1.29, 1.82) is 0 Å². The topological polar surface area (TPSA) is 3.24 Å². The molecule has 0 bridgehead atoms. The van der Waals surface area contributed by atoms with Gasteiger partial charge in [0.15, 0.2) is 0 Å². The van der Waals surface area contributed by atoms with Crippen LogP contribution in [0.4, 0.5) is 5.69 Å². The molecule has 3 rings (SSSR count). The first-order chi connectivity index (χ1) is 12.1. The Morgan fingerprint density at radius 3 is 2.15 bits per heavy atom. The Balaban J connectivity index is 2.10. The van der Waals surface area contributed by atoms with Crippen LogP contribution in [0.15, 0.2) is 29.8 Å². The highest BCUT2D eigenvalue weighted by Crippen LogP contribution is 2.57. The number of allylic oxidation sites excluding steroid dienone is 2. The van der Waals surface area contributed by atoms with Gasteiger partial charge in [-0.3, -0.25) is 0 Å². The third-order valence-electron chi connectivity index (χ3n) is 6.63. The molecule has 0 amide bonds. The van der Waals surface area contributed by atoms with E-state index in [4.69, 9.17) is 0 Å². The normalized spacial score (nSPS) is 28.3. The molecule has 26 heavy (non-hydrogen) atoms. The number of nitrogens with zero attached hydrogens (tertiary/aromatic N) is 1. The molecule has 2 radical (unpaired) electrons. The minimum atomic E-state index is 0.0992. The molecule has 1 saturated heterocycles. The molecule has 1 heteroatoms. The molecule has 2 atom stereocenters. The second-order valence-corrected chi connectivity index (χ2v) is 9.99. The van der Waals surface area contributed by atoms with Crippen molar-refractivity contribution in [2.45, 2.75) is 92.0 Å². The van der Waals surface area contributed by atoms with Gasteiger partial charge in [0.05, 0.1) is 6.54 Å². The Kier molecular flexibility index (Phi) is 5.05. The zero-order valence-electron chi connectivity index (χ0n) is 18.1. The SMILES string of the molecule is CC1=CC(C)C2([C]N(c3c(C(C)C)cccc3C(C)C)C(C)(C)C2)CC1. The van der Waals surface area contributed by atoms with Gasteiger partial charge in [-0.15, -0.1) is 0 Å². The van der Waals surface area contributed by atoms with E-state index < -0.39 is 0 Å². The monoisotopic (exact) mass is 351 g/mol. The second-order valence-electron chi connectivity index (χ2n) is 9.99. The van der Waals surface area contributed by atoms with Gasteiger partial charge >= 0.3 is 0 Å². The van der Waals surface area contributed by atoms with E-state index >= 15 is 0 Å². The second kappa shape index (κ2) is 6.73. The predicted molar refractivity (Wildman–Crippen MR) is 114 cm³/mol. The van der Waals surface area contributed by atoms with Crippen molar-refractivity contribution in [2.24, 2.45) is 11.3 Å². The van der Waals surface area contributed by atoms with Crippen LogP contribution in [0.25, 0.3) is 0 Å². The Morgan fingerprint density at radius 2 is 1.65 bits per heavy atom. The number of benzene rings is 1. The molecular weight excluding hydrogens is 314 g/mol. The Bertz CT molecular complexity index is 668. The van der Waals surface area contributed by atoms with Crippen molar-refractivity contribution in [3.05, 3.63) is 47.5 Å². The highest BCUT2D eigenvalue weighted by molar-refractivity contribution is 5.66. The lowest BCUT2D eigenvalue weighted by Gasteiger charge is -2.38. The Labute approximate surface area is 161 Å². The average Bonchev–Trinajstić information content (AvgIpc) is 2.82. The molecule has 0 saturated carbocycles. The van der Waals surface area contributed by atoms with Crippen LogP contribution in [0, 0.1) is 17.9 Å².